The second-order valence-corrected chi connectivity index (χ2v) is 5.83. The maximum absolute atomic E-state index is 5.92. The largest absolute Gasteiger partial charge is 0.493 e. The van der Waals surface area contributed by atoms with Crippen molar-refractivity contribution in [2.75, 3.05) is 12.0 Å². The number of hydrogen-bond donors (Lipinski definition) is 2. The number of hydrogen-bond acceptors (Lipinski definition) is 4. The van der Waals surface area contributed by atoms with Crippen LogP contribution in [0.25, 0.3) is 0 Å². The molecule has 5 heteroatoms. The SMILES string of the molecule is Cc1c(OC[C@H]2C[C@@H]2c2ccc(Cl)cc2)ccnc1NN. The standard InChI is InChI=1S/C16H18ClN3O/c1-10-15(6-7-19-16(10)20-18)21-9-12-8-14(12)11-2-4-13(17)5-3-11/h2-7,12,14H,8-9,18H2,1H3,(H,19,20)/t12-,14-/m1/s1. The molecule has 0 saturated heterocycles. The van der Waals surface area contributed by atoms with Crippen LogP contribution in [0.3, 0.4) is 0 Å². The Hall–Kier alpha value is -1.78. The van der Waals surface area contributed by atoms with E-state index in [0.717, 1.165) is 22.8 Å². The highest BCUT2D eigenvalue weighted by Crippen LogP contribution is 2.47. The monoisotopic (exact) mass is 303 g/mol. The number of aromatic nitrogens is 1. The first kappa shape index (κ1) is 14.2. The van der Waals surface area contributed by atoms with Crippen molar-refractivity contribution in [2.45, 2.75) is 19.3 Å². The van der Waals surface area contributed by atoms with Gasteiger partial charge in [-0.2, -0.15) is 0 Å². The highest BCUT2D eigenvalue weighted by atomic mass is 35.5. The summed E-state index contributed by atoms with van der Waals surface area (Å²) in [4.78, 5) is 4.14. The average molecular weight is 304 g/mol. The molecule has 1 aliphatic carbocycles. The van der Waals surface area contributed by atoms with Crippen molar-refractivity contribution in [3.05, 3.63) is 52.7 Å². The summed E-state index contributed by atoms with van der Waals surface area (Å²) in [5.74, 6) is 8.05. The first-order valence-corrected chi connectivity index (χ1v) is 7.37. The molecule has 0 bridgehead atoms. The summed E-state index contributed by atoms with van der Waals surface area (Å²) in [5.41, 5.74) is 4.85. The van der Waals surface area contributed by atoms with Crippen molar-refractivity contribution in [1.82, 2.24) is 4.98 Å². The van der Waals surface area contributed by atoms with E-state index in [1.165, 1.54) is 5.56 Å². The molecule has 1 heterocycles. The summed E-state index contributed by atoms with van der Waals surface area (Å²) in [5, 5.41) is 0.779. The molecule has 110 valence electrons. The fraction of sp³-hybridized carbons (Fsp3) is 0.312. The Bertz CT molecular complexity index is 630. The highest BCUT2D eigenvalue weighted by molar-refractivity contribution is 6.30. The molecular weight excluding hydrogens is 286 g/mol. The predicted molar refractivity (Wildman–Crippen MR) is 84.6 cm³/mol. The number of nitrogen functional groups attached to an aromatic ring is 1. The number of benzene rings is 1. The zero-order valence-corrected chi connectivity index (χ0v) is 12.6. The van der Waals surface area contributed by atoms with Crippen molar-refractivity contribution >= 4 is 17.4 Å². The number of anilines is 1. The zero-order valence-electron chi connectivity index (χ0n) is 11.8. The minimum atomic E-state index is 0.563. The van der Waals surface area contributed by atoms with Crippen molar-refractivity contribution in [2.24, 2.45) is 11.8 Å². The van der Waals surface area contributed by atoms with E-state index < -0.39 is 0 Å². The molecule has 2 aromatic rings. The summed E-state index contributed by atoms with van der Waals surface area (Å²) >= 11 is 5.91. The predicted octanol–water partition coefficient (Wildman–Crippen LogP) is 3.51. The van der Waals surface area contributed by atoms with Crippen LogP contribution in [0.2, 0.25) is 5.02 Å². The van der Waals surface area contributed by atoms with Gasteiger partial charge in [0, 0.05) is 22.7 Å². The molecular formula is C16H18ClN3O. The van der Waals surface area contributed by atoms with Gasteiger partial charge in [-0.05, 0) is 43.0 Å². The molecule has 3 rings (SSSR count). The lowest BCUT2D eigenvalue weighted by Gasteiger charge is -2.11. The molecule has 1 aliphatic rings. The van der Waals surface area contributed by atoms with Crippen LogP contribution in [0.4, 0.5) is 5.82 Å². The molecule has 0 amide bonds. The number of halogens is 1. The number of ether oxygens (including phenoxy) is 1. The van der Waals surface area contributed by atoms with E-state index in [2.05, 4.69) is 22.5 Å². The van der Waals surface area contributed by atoms with Crippen LogP contribution in [-0.2, 0) is 0 Å². The Morgan fingerprint density at radius 3 is 2.81 bits per heavy atom. The first-order valence-electron chi connectivity index (χ1n) is 6.99. The van der Waals surface area contributed by atoms with Crippen LogP contribution in [0.1, 0.15) is 23.5 Å². The van der Waals surface area contributed by atoms with Gasteiger partial charge in [-0.1, -0.05) is 23.7 Å². The van der Waals surface area contributed by atoms with Crippen molar-refractivity contribution < 1.29 is 4.74 Å². The van der Waals surface area contributed by atoms with Gasteiger partial charge in [0.25, 0.3) is 0 Å². The molecule has 0 unspecified atom stereocenters. The van der Waals surface area contributed by atoms with Crippen molar-refractivity contribution in [3.63, 3.8) is 0 Å². The smallest absolute Gasteiger partial charge is 0.146 e. The molecule has 1 aromatic carbocycles. The highest BCUT2D eigenvalue weighted by Gasteiger charge is 2.38. The minimum Gasteiger partial charge on any atom is -0.493 e. The van der Waals surface area contributed by atoms with E-state index in [9.17, 15) is 0 Å². The minimum absolute atomic E-state index is 0.563. The molecule has 0 spiro atoms. The van der Waals surface area contributed by atoms with E-state index in [4.69, 9.17) is 22.2 Å². The number of nitrogens with zero attached hydrogens (tertiary/aromatic N) is 1. The van der Waals surface area contributed by atoms with Crippen LogP contribution in [0.15, 0.2) is 36.5 Å². The molecule has 0 aliphatic heterocycles. The number of rotatable bonds is 5. The van der Waals surface area contributed by atoms with Gasteiger partial charge in [-0.15, -0.1) is 0 Å². The van der Waals surface area contributed by atoms with Crippen LogP contribution in [0.5, 0.6) is 5.75 Å². The topological polar surface area (TPSA) is 60.2 Å². The van der Waals surface area contributed by atoms with Gasteiger partial charge in [0.15, 0.2) is 0 Å². The van der Waals surface area contributed by atoms with E-state index in [0.29, 0.717) is 24.3 Å². The third-order valence-electron chi connectivity index (χ3n) is 3.96. The summed E-state index contributed by atoms with van der Waals surface area (Å²) in [6, 6.07) is 9.96. The number of pyridine rings is 1. The van der Waals surface area contributed by atoms with Gasteiger partial charge in [0.1, 0.15) is 11.6 Å². The number of hydrazine groups is 1. The quantitative estimate of drug-likeness (QED) is 0.655. The normalized spacial score (nSPS) is 20.1. The van der Waals surface area contributed by atoms with Crippen molar-refractivity contribution in [1.29, 1.82) is 0 Å². The van der Waals surface area contributed by atoms with Gasteiger partial charge in [-0.3, -0.25) is 0 Å². The number of nitrogens with two attached hydrogens (primary N) is 1. The molecule has 1 saturated carbocycles. The second-order valence-electron chi connectivity index (χ2n) is 5.39. The van der Waals surface area contributed by atoms with Crippen molar-refractivity contribution in [3.8, 4) is 5.75 Å². The lowest BCUT2D eigenvalue weighted by molar-refractivity contribution is 0.295. The molecule has 4 nitrogen and oxygen atoms in total. The summed E-state index contributed by atoms with van der Waals surface area (Å²) in [6.07, 6.45) is 2.86. The van der Waals surface area contributed by atoms with Gasteiger partial charge >= 0.3 is 0 Å². The van der Waals surface area contributed by atoms with E-state index in [-0.39, 0.29) is 0 Å². The Labute approximate surface area is 129 Å². The third kappa shape index (κ3) is 3.12. The van der Waals surface area contributed by atoms with Gasteiger partial charge in [-0.25, -0.2) is 10.8 Å². The lowest BCUT2D eigenvalue weighted by atomic mass is 10.1. The van der Waals surface area contributed by atoms with Crippen LogP contribution in [0, 0.1) is 12.8 Å². The Morgan fingerprint density at radius 1 is 1.33 bits per heavy atom. The summed E-state index contributed by atoms with van der Waals surface area (Å²) in [6.45, 7) is 2.66. The van der Waals surface area contributed by atoms with Gasteiger partial charge < -0.3 is 10.2 Å². The molecule has 2 atom stereocenters. The van der Waals surface area contributed by atoms with Gasteiger partial charge in [0.05, 0.1) is 6.61 Å². The molecule has 1 fully saturated rings. The fourth-order valence-corrected chi connectivity index (χ4v) is 2.69. The third-order valence-corrected chi connectivity index (χ3v) is 4.22. The molecule has 3 N–H and O–H groups in total. The lowest BCUT2D eigenvalue weighted by Crippen LogP contribution is -2.11. The van der Waals surface area contributed by atoms with Crippen LogP contribution >= 0.6 is 11.6 Å². The maximum Gasteiger partial charge on any atom is 0.146 e. The second kappa shape index (κ2) is 5.92. The Kier molecular flexibility index (Phi) is 3.99. The van der Waals surface area contributed by atoms with E-state index >= 15 is 0 Å². The van der Waals surface area contributed by atoms with Crippen LogP contribution < -0.4 is 16.0 Å². The van der Waals surface area contributed by atoms with E-state index in [1.807, 2.05) is 25.1 Å². The molecule has 0 radical (unpaired) electrons. The maximum atomic E-state index is 5.92. The Morgan fingerprint density at radius 2 is 2.10 bits per heavy atom. The van der Waals surface area contributed by atoms with E-state index in [1.54, 1.807) is 6.20 Å². The van der Waals surface area contributed by atoms with Gasteiger partial charge in [0.2, 0.25) is 0 Å². The first-order chi connectivity index (χ1) is 10.2. The average Bonchev–Trinajstić information content (AvgIpc) is 3.26. The zero-order chi connectivity index (χ0) is 14.8. The molecule has 21 heavy (non-hydrogen) atoms. The summed E-state index contributed by atoms with van der Waals surface area (Å²) in [7, 11) is 0. The Balaban J connectivity index is 1.59. The summed E-state index contributed by atoms with van der Waals surface area (Å²) < 4.78 is 5.92. The number of nitrogens with one attached hydrogen (secondary N) is 1. The van der Waals surface area contributed by atoms with Crippen LogP contribution in [-0.4, -0.2) is 11.6 Å². The molecule has 1 aromatic heterocycles. The fourth-order valence-electron chi connectivity index (χ4n) is 2.57.